The van der Waals surface area contributed by atoms with E-state index in [2.05, 4.69) is 33.2 Å². The van der Waals surface area contributed by atoms with Crippen molar-refractivity contribution in [2.24, 2.45) is 0 Å². The molecule has 0 radical (unpaired) electrons. The van der Waals surface area contributed by atoms with Crippen molar-refractivity contribution in [3.8, 4) is 0 Å². The summed E-state index contributed by atoms with van der Waals surface area (Å²) in [7, 11) is 0. The minimum absolute atomic E-state index is 0.0653. The minimum atomic E-state index is -0.0653. The first kappa shape index (κ1) is 13.9. The molecule has 1 aliphatic rings. The number of hydrogen-bond acceptors (Lipinski definition) is 4. The van der Waals surface area contributed by atoms with Gasteiger partial charge >= 0.3 is 0 Å². The molecule has 1 atom stereocenters. The first-order valence-corrected chi connectivity index (χ1v) is 7.14. The van der Waals surface area contributed by atoms with Gasteiger partial charge < -0.3 is 14.8 Å². The molecule has 1 aromatic heterocycles. The summed E-state index contributed by atoms with van der Waals surface area (Å²) in [5.74, 6) is 0. The van der Waals surface area contributed by atoms with E-state index in [1.165, 1.54) is 0 Å². The van der Waals surface area contributed by atoms with Gasteiger partial charge in [0, 0.05) is 35.2 Å². The van der Waals surface area contributed by atoms with Crippen LogP contribution in [0.1, 0.15) is 19.0 Å². The molecule has 1 aliphatic heterocycles. The van der Waals surface area contributed by atoms with Crippen molar-refractivity contribution in [3.63, 3.8) is 0 Å². The Labute approximate surface area is 116 Å². The van der Waals surface area contributed by atoms with Crippen molar-refractivity contribution in [3.05, 3.63) is 28.5 Å². The van der Waals surface area contributed by atoms with Crippen LogP contribution in [0.2, 0.25) is 0 Å². The fourth-order valence-corrected chi connectivity index (χ4v) is 2.32. The minimum Gasteiger partial charge on any atom is -0.350 e. The van der Waals surface area contributed by atoms with Crippen molar-refractivity contribution in [2.45, 2.75) is 32.1 Å². The summed E-state index contributed by atoms with van der Waals surface area (Å²) in [6.45, 7) is 4.46. The van der Waals surface area contributed by atoms with Gasteiger partial charge in [0.2, 0.25) is 0 Å². The number of nitrogens with zero attached hydrogens (tertiary/aromatic N) is 1. The number of aromatic nitrogens is 1. The Morgan fingerprint density at radius 2 is 2.22 bits per heavy atom. The first-order valence-electron chi connectivity index (χ1n) is 6.35. The highest BCUT2D eigenvalue weighted by Gasteiger charge is 2.21. The molecule has 0 saturated carbocycles. The van der Waals surface area contributed by atoms with Crippen LogP contribution in [0.4, 0.5) is 0 Å². The molecule has 0 aromatic carbocycles. The van der Waals surface area contributed by atoms with E-state index in [9.17, 15) is 0 Å². The summed E-state index contributed by atoms with van der Waals surface area (Å²) in [4.78, 5) is 4.41. The highest BCUT2D eigenvalue weighted by atomic mass is 79.9. The SMILES string of the molecule is CCNC(Cc1ccc(Br)cn1)CC1OCCO1. The van der Waals surface area contributed by atoms with Crippen molar-refractivity contribution >= 4 is 15.9 Å². The zero-order valence-electron chi connectivity index (χ0n) is 10.6. The van der Waals surface area contributed by atoms with Gasteiger partial charge in [-0.1, -0.05) is 6.92 Å². The maximum atomic E-state index is 5.50. The summed E-state index contributed by atoms with van der Waals surface area (Å²) >= 11 is 3.40. The molecular weight excluding hydrogens is 296 g/mol. The van der Waals surface area contributed by atoms with Crippen molar-refractivity contribution in [1.29, 1.82) is 0 Å². The van der Waals surface area contributed by atoms with Gasteiger partial charge in [0.05, 0.1) is 13.2 Å². The lowest BCUT2D eigenvalue weighted by atomic mass is 10.1. The molecule has 0 aliphatic carbocycles. The van der Waals surface area contributed by atoms with E-state index in [4.69, 9.17) is 9.47 Å². The summed E-state index contributed by atoms with van der Waals surface area (Å²) in [5, 5.41) is 3.46. The molecule has 0 spiro atoms. The zero-order valence-corrected chi connectivity index (χ0v) is 12.1. The summed E-state index contributed by atoms with van der Waals surface area (Å²) in [5.41, 5.74) is 1.09. The molecule has 1 unspecified atom stereocenters. The second-order valence-corrected chi connectivity index (χ2v) is 5.25. The third-order valence-corrected chi connectivity index (χ3v) is 3.37. The molecular formula is C13H19BrN2O2. The normalized spacial score (nSPS) is 18.1. The fraction of sp³-hybridized carbons (Fsp3) is 0.615. The highest BCUT2D eigenvalue weighted by Crippen LogP contribution is 2.14. The maximum Gasteiger partial charge on any atom is 0.159 e. The van der Waals surface area contributed by atoms with E-state index in [1.807, 2.05) is 18.3 Å². The second kappa shape index (κ2) is 7.19. The lowest BCUT2D eigenvalue weighted by molar-refractivity contribution is -0.0526. The largest absolute Gasteiger partial charge is 0.350 e. The van der Waals surface area contributed by atoms with Gasteiger partial charge in [-0.25, -0.2) is 0 Å². The van der Waals surface area contributed by atoms with Crippen LogP contribution < -0.4 is 5.32 Å². The molecule has 0 bridgehead atoms. The molecule has 1 N–H and O–H groups in total. The molecule has 18 heavy (non-hydrogen) atoms. The molecule has 2 rings (SSSR count). The molecule has 100 valence electrons. The quantitative estimate of drug-likeness (QED) is 0.873. The van der Waals surface area contributed by atoms with E-state index in [-0.39, 0.29) is 6.29 Å². The molecule has 5 heteroatoms. The lowest BCUT2D eigenvalue weighted by Gasteiger charge is -2.20. The number of nitrogens with one attached hydrogen (secondary N) is 1. The Morgan fingerprint density at radius 1 is 1.44 bits per heavy atom. The van der Waals surface area contributed by atoms with Crippen LogP contribution in [0.15, 0.2) is 22.8 Å². The average molecular weight is 315 g/mol. The molecule has 1 fully saturated rings. The van der Waals surface area contributed by atoms with Crippen LogP contribution in [-0.4, -0.2) is 37.1 Å². The smallest absolute Gasteiger partial charge is 0.159 e. The third kappa shape index (κ3) is 4.31. The van der Waals surface area contributed by atoms with Gasteiger partial charge in [0.1, 0.15) is 0 Å². The van der Waals surface area contributed by atoms with Crippen LogP contribution in [-0.2, 0) is 15.9 Å². The Hall–Kier alpha value is -0.490. The summed E-state index contributed by atoms with van der Waals surface area (Å²) in [6.07, 6.45) is 3.53. The Morgan fingerprint density at radius 3 is 2.83 bits per heavy atom. The third-order valence-electron chi connectivity index (χ3n) is 2.90. The fourth-order valence-electron chi connectivity index (χ4n) is 2.08. The van der Waals surface area contributed by atoms with Crippen LogP contribution in [0.5, 0.6) is 0 Å². The van der Waals surface area contributed by atoms with Crippen LogP contribution in [0.25, 0.3) is 0 Å². The topological polar surface area (TPSA) is 43.4 Å². The monoisotopic (exact) mass is 314 g/mol. The molecule has 0 amide bonds. The van der Waals surface area contributed by atoms with Gasteiger partial charge in [0.15, 0.2) is 6.29 Å². The Balaban J connectivity index is 1.90. The van der Waals surface area contributed by atoms with Crippen LogP contribution >= 0.6 is 15.9 Å². The van der Waals surface area contributed by atoms with Crippen molar-refractivity contribution < 1.29 is 9.47 Å². The van der Waals surface area contributed by atoms with Gasteiger partial charge in [-0.15, -0.1) is 0 Å². The number of rotatable bonds is 6. The standard InChI is InChI=1S/C13H19BrN2O2/c1-2-15-12(8-13-17-5-6-18-13)7-11-4-3-10(14)9-16-11/h3-4,9,12-13,15H,2,5-8H2,1H3. The van der Waals surface area contributed by atoms with E-state index < -0.39 is 0 Å². The maximum absolute atomic E-state index is 5.50. The van der Waals surface area contributed by atoms with E-state index in [0.29, 0.717) is 19.3 Å². The predicted molar refractivity (Wildman–Crippen MR) is 73.4 cm³/mol. The Kier molecular flexibility index (Phi) is 5.56. The Bertz CT molecular complexity index is 353. The lowest BCUT2D eigenvalue weighted by Crippen LogP contribution is -2.35. The van der Waals surface area contributed by atoms with Crippen molar-refractivity contribution in [1.82, 2.24) is 10.3 Å². The van der Waals surface area contributed by atoms with E-state index in [1.54, 1.807) is 0 Å². The van der Waals surface area contributed by atoms with Gasteiger partial charge in [0.25, 0.3) is 0 Å². The molecule has 1 aromatic rings. The summed E-state index contributed by atoms with van der Waals surface area (Å²) in [6, 6.07) is 4.41. The van der Waals surface area contributed by atoms with Gasteiger partial charge in [-0.2, -0.15) is 0 Å². The molecule has 1 saturated heterocycles. The van der Waals surface area contributed by atoms with Gasteiger partial charge in [-0.05, 0) is 34.6 Å². The highest BCUT2D eigenvalue weighted by molar-refractivity contribution is 9.10. The first-order chi connectivity index (χ1) is 8.78. The second-order valence-electron chi connectivity index (χ2n) is 4.33. The number of hydrogen-bond donors (Lipinski definition) is 1. The van der Waals surface area contributed by atoms with Gasteiger partial charge in [-0.3, -0.25) is 4.98 Å². The number of likely N-dealkylation sites (N-methyl/N-ethyl adjacent to an activating group) is 1. The van der Waals surface area contributed by atoms with E-state index in [0.717, 1.165) is 29.6 Å². The molecule has 2 heterocycles. The van der Waals surface area contributed by atoms with Crippen molar-refractivity contribution in [2.75, 3.05) is 19.8 Å². The van der Waals surface area contributed by atoms with E-state index >= 15 is 0 Å². The summed E-state index contributed by atoms with van der Waals surface area (Å²) < 4.78 is 12.0. The number of pyridine rings is 1. The number of halogens is 1. The predicted octanol–water partition coefficient (Wildman–Crippen LogP) is 2.13. The molecule has 4 nitrogen and oxygen atoms in total. The van der Waals surface area contributed by atoms with Crippen LogP contribution in [0, 0.1) is 0 Å². The van der Waals surface area contributed by atoms with Crippen LogP contribution in [0.3, 0.4) is 0 Å². The average Bonchev–Trinajstić information content (AvgIpc) is 2.85. The zero-order chi connectivity index (χ0) is 12.8. The number of ether oxygens (including phenoxy) is 2.